The van der Waals surface area contributed by atoms with Gasteiger partial charge in [0.15, 0.2) is 0 Å². The number of nitrogens with zero attached hydrogens (tertiary/aromatic N) is 1. The van der Waals surface area contributed by atoms with Crippen LogP contribution >= 0.6 is 0 Å². The van der Waals surface area contributed by atoms with Crippen LogP contribution in [-0.4, -0.2) is 34.5 Å². The zero-order chi connectivity index (χ0) is 14.9. The lowest BCUT2D eigenvalue weighted by atomic mass is 9.71. The number of fused-ring (bicyclic) bond motifs is 1. The van der Waals surface area contributed by atoms with E-state index in [0.29, 0.717) is 24.8 Å². The van der Waals surface area contributed by atoms with Gasteiger partial charge in [0.2, 0.25) is 5.91 Å². The fraction of sp³-hybridized carbons (Fsp3) is 0.882. The molecule has 3 rings (SSSR count). The summed E-state index contributed by atoms with van der Waals surface area (Å²) in [6, 6.07) is 0.403. The van der Waals surface area contributed by atoms with Crippen LogP contribution in [0.25, 0.3) is 0 Å². The summed E-state index contributed by atoms with van der Waals surface area (Å²) in [6.45, 7) is 0.843. The molecule has 0 bridgehead atoms. The largest absolute Gasteiger partial charge is 0.481 e. The average molecular weight is 293 g/mol. The summed E-state index contributed by atoms with van der Waals surface area (Å²) in [4.78, 5) is 26.6. The fourth-order valence-electron chi connectivity index (χ4n) is 4.85. The summed E-state index contributed by atoms with van der Waals surface area (Å²) in [5, 5.41) is 9.65. The number of carbonyl (C=O) groups excluding carboxylic acids is 1. The van der Waals surface area contributed by atoms with E-state index in [1.54, 1.807) is 0 Å². The minimum atomic E-state index is -0.777. The standard InChI is InChI=1S/C17H27NO3/c19-15(12-17(16(20)21)9-2-1-3-10-17)18-11-5-7-13-6-4-8-14(13)18/h13-14H,1-12H2,(H,20,21). The van der Waals surface area contributed by atoms with Crippen molar-refractivity contribution in [2.75, 3.05) is 6.54 Å². The Morgan fingerprint density at radius 2 is 1.71 bits per heavy atom. The van der Waals surface area contributed by atoms with Gasteiger partial charge < -0.3 is 10.0 Å². The highest BCUT2D eigenvalue weighted by molar-refractivity contribution is 5.85. The van der Waals surface area contributed by atoms with Crippen molar-refractivity contribution in [2.45, 2.75) is 76.7 Å². The molecule has 3 aliphatic rings. The average Bonchev–Trinajstić information content (AvgIpc) is 2.96. The van der Waals surface area contributed by atoms with Gasteiger partial charge in [-0.15, -0.1) is 0 Å². The van der Waals surface area contributed by atoms with Crippen molar-refractivity contribution in [3.63, 3.8) is 0 Å². The molecule has 1 amide bonds. The number of aliphatic carboxylic acids is 1. The number of rotatable bonds is 3. The van der Waals surface area contributed by atoms with Crippen LogP contribution in [0.2, 0.25) is 0 Å². The summed E-state index contributed by atoms with van der Waals surface area (Å²) in [7, 11) is 0. The monoisotopic (exact) mass is 293 g/mol. The smallest absolute Gasteiger partial charge is 0.310 e. The molecule has 0 aromatic heterocycles. The van der Waals surface area contributed by atoms with Crippen LogP contribution in [-0.2, 0) is 9.59 Å². The lowest BCUT2D eigenvalue weighted by Crippen LogP contribution is -2.49. The molecule has 2 aliphatic carbocycles. The van der Waals surface area contributed by atoms with Gasteiger partial charge in [-0.05, 0) is 44.4 Å². The van der Waals surface area contributed by atoms with Crippen molar-refractivity contribution in [2.24, 2.45) is 11.3 Å². The molecule has 1 N–H and O–H groups in total. The zero-order valence-electron chi connectivity index (χ0n) is 12.9. The van der Waals surface area contributed by atoms with Crippen LogP contribution in [0.5, 0.6) is 0 Å². The van der Waals surface area contributed by atoms with Crippen molar-refractivity contribution in [3.8, 4) is 0 Å². The Kier molecular flexibility index (Phi) is 4.23. The molecule has 118 valence electrons. The fourth-order valence-corrected chi connectivity index (χ4v) is 4.85. The van der Waals surface area contributed by atoms with E-state index in [1.807, 2.05) is 4.90 Å². The summed E-state index contributed by atoms with van der Waals surface area (Å²) >= 11 is 0. The third kappa shape index (κ3) is 2.82. The van der Waals surface area contributed by atoms with E-state index in [9.17, 15) is 14.7 Å². The Hall–Kier alpha value is -1.06. The van der Waals surface area contributed by atoms with Crippen molar-refractivity contribution < 1.29 is 14.7 Å². The lowest BCUT2D eigenvalue weighted by molar-refractivity contribution is -0.157. The molecular formula is C17H27NO3. The van der Waals surface area contributed by atoms with Gasteiger partial charge in [-0.25, -0.2) is 0 Å². The Bertz CT molecular complexity index is 414. The molecule has 2 saturated carbocycles. The molecule has 2 unspecified atom stereocenters. The number of hydrogen-bond acceptors (Lipinski definition) is 2. The zero-order valence-corrected chi connectivity index (χ0v) is 12.9. The highest BCUT2D eigenvalue weighted by Crippen LogP contribution is 2.42. The minimum Gasteiger partial charge on any atom is -0.481 e. The Morgan fingerprint density at radius 1 is 1.00 bits per heavy atom. The van der Waals surface area contributed by atoms with Gasteiger partial charge in [-0.1, -0.05) is 25.7 Å². The number of carboxylic acids is 1. The van der Waals surface area contributed by atoms with E-state index in [2.05, 4.69) is 0 Å². The third-order valence-corrected chi connectivity index (χ3v) is 6.07. The molecule has 21 heavy (non-hydrogen) atoms. The second-order valence-corrected chi connectivity index (χ2v) is 7.31. The molecule has 2 atom stereocenters. The van der Waals surface area contributed by atoms with Gasteiger partial charge in [-0.2, -0.15) is 0 Å². The third-order valence-electron chi connectivity index (χ3n) is 6.07. The van der Waals surface area contributed by atoms with Crippen LogP contribution in [0.3, 0.4) is 0 Å². The number of piperidine rings is 1. The van der Waals surface area contributed by atoms with Gasteiger partial charge in [0, 0.05) is 19.0 Å². The first-order valence-electron chi connectivity index (χ1n) is 8.65. The quantitative estimate of drug-likeness (QED) is 0.869. The topological polar surface area (TPSA) is 57.6 Å². The molecule has 1 saturated heterocycles. The molecule has 1 heterocycles. The van der Waals surface area contributed by atoms with E-state index in [1.165, 1.54) is 19.3 Å². The second-order valence-electron chi connectivity index (χ2n) is 7.31. The van der Waals surface area contributed by atoms with Crippen molar-refractivity contribution in [1.29, 1.82) is 0 Å². The molecule has 0 radical (unpaired) electrons. The summed E-state index contributed by atoms with van der Waals surface area (Å²) in [5.74, 6) is 0.0289. The first-order chi connectivity index (χ1) is 10.1. The van der Waals surface area contributed by atoms with E-state index < -0.39 is 11.4 Å². The highest BCUT2D eigenvalue weighted by atomic mass is 16.4. The van der Waals surface area contributed by atoms with Crippen LogP contribution in [0.4, 0.5) is 0 Å². The van der Waals surface area contributed by atoms with Crippen molar-refractivity contribution in [3.05, 3.63) is 0 Å². The number of carbonyl (C=O) groups is 2. The van der Waals surface area contributed by atoms with E-state index in [0.717, 1.165) is 38.6 Å². The van der Waals surface area contributed by atoms with Gasteiger partial charge in [0.05, 0.1) is 5.41 Å². The maximum absolute atomic E-state index is 12.8. The van der Waals surface area contributed by atoms with Gasteiger partial charge >= 0.3 is 5.97 Å². The van der Waals surface area contributed by atoms with Crippen molar-refractivity contribution in [1.82, 2.24) is 4.90 Å². The SMILES string of the molecule is O=C(CC1(C(=O)O)CCCCC1)N1CCCC2CCCC21. The van der Waals surface area contributed by atoms with E-state index >= 15 is 0 Å². The molecular weight excluding hydrogens is 266 g/mol. The predicted octanol–water partition coefficient (Wildman–Crippen LogP) is 3.20. The number of carboxylic acid groups (broad SMARTS) is 1. The van der Waals surface area contributed by atoms with Crippen LogP contribution in [0.1, 0.15) is 70.6 Å². The molecule has 4 nitrogen and oxygen atoms in total. The summed E-state index contributed by atoms with van der Waals surface area (Å²) in [5.41, 5.74) is -0.777. The normalized spacial score (nSPS) is 31.7. The Morgan fingerprint density at radius 3 is 2.43 bits per heavy atom. The number of hydrogen-bond donors (Lipinski definition) is 1. The van der Waals surface area contributed by atoms with E-state index in [-0.39, 0.29) is 12.3 Å². The lowest BCUT2D eigenvalue weighted by Gasteiger charge is -2.40. The highest BCUT2D eigenvalue weighted by Gasteiger charge is 2.44. The maximum Gasteiger partial charge on any atom is 0.310 e. The van der Waals surface area contributed by atoms with Crippen molar-refractivity contribution >= 4 is 11.9 Å². The molecule has 0 spiro atoms. The molecule has 1 aliphatic heterocycles. The van der Waals surface area contributed by atoms with Gasteiger partial charge in [-0.3, -0.25) is 9.59 Å². The number of amides is 1. The Labute approximate surface area is 126 Å². The van der Waals surface area contributed by atoms with Gasteiger partial charge in [0.25, 0.3) is 0 Å². The molecule has 4 heteroatoms. The van der Waals surface area contributed by atoms with Crippen LogP contribution in [0, 0.1) is 11.3 Å². The summed E-state index contributed by atoms with van der Waals surface area (Å²) in [6.07, 6.45) is 10.5. The molecule has 0 aromatic carbocycles. The first-order valence-corrected chi connectivity index (χ1v) is 8.65. The maximum atomic E-state index is 12.8. The second kappa shape index (κ2) is 5.98. The van der Waals surface area contributed by atoms with E-state index in [4.69, 9.17) is 0 Å². The van der Waals surface area contributed by atoms with Crippen LogP contribution in [0.15, 0.2) is 0 Å². The predicted molar refractivity (Wildman–Crippen MR) is 79.8 cm³/mol. The first kappa shape index (κ1) is 14.9. The Balaban J connectivity index is 1.70. The molecule has 3 fully saturated rings. The minimum absolute atomic E-state index is 0.107. The number of likely N-dealkylation sites (tertiary alicyclic amines) is 1. The summed E-state index contributed by atoms with van der Waals surface area (Å²) < 4.78 is 0. The van der Waals surface area contributed by atoms with Crippen LogP contribution < -0.4 is 0 Å². The van der Waals surface area contributed by atoms with Gasteiger partial charge in [0.1, 0.15) is 0 Å². The molecule has 0 aromatic rings.